The monoisotopic (exact) mass is 244 g/mol. The van der Waals surface area contributed by atoms with Crippen molar-refractivity contribution in [3.63, 3.8) is 0 Å². The molecule has 0 aliphatic rings. The summed E-state index contributed by atoms with van der Waals surface area (Å²) in [6.07, 6.45) is 1.41. The number of hydrogen-bond acceptors (Lipinski definition) is 6. The van der Waals surface area contributed by atoms with Crippen molar-refractivity contribution in [1.29, 1.82) is 0 Å². The van der Waals surface area contributed by atoms with Gasteiger partial charge < -0.3 is 5.73 Å². The SMILES string of the molecule is Cc1nnc(NC(=O)c2ccc(N)cn2)nc1C. The number of nitrogens with two attached hydrogens (primary N) is 1. The molecule has 0 fully saturated rings. The molecule has 2 rings (SSSR count). The number of amides is 1. The predicted octanol–water partition coefficient (Wildman–Crippen LogP) is 0.718. The Labute approximate surface area is 103 Å². The first-order chi connectivity index (χ1) is 8.56. The van der Waals surface area contributed by atoms with Gasteiger partial charge in [-0.25, -0.2) is 9.97 Å². The Kier molecular flexibility index (Phi) is 3.13. The molecule has 0 spiro atoms. The Balaban J connectivity index is 2.16. The van der Waals surface area contributed by atoms with Crippen molar-refractivity contribution in [2.75, 3.05) is 11.1 Å². The Bertz CT molecular complexity index is 581. The molecule has 2 heterocycles. The third kappa shape index (κ3) is 2.57. The molecule has 7 heteroatoms. The second-order valence-electron chi connectivity index (χ2n) is 3.74. The number of rotatable bonds is 2. The number of hydrogen-bond donors (Lipinski definition) is 2. The summed E-state index contributed by atoms with van der Waals surface area (Å²) in [6, 6.07) is 3.13. The highest BCUT2D eigenvalue weighted by molar-refractivity contribution is 6.01. The zero-order valence-corrected chi connectivity index (χ0v) is 10.0. The van der Waals surface area contributed by atoms with Crippen molar-refractivity contribution in [1.82, 2.24) is 20.2 Å². The van der Waals surface area contributed by atoms with Crippen LogP contribution in [0, 0.1) is 13.8 Å². The van der Waals surface area contributed by atoms with Crippen LogP contribution in [0.4, 0.5) is 11.6 Å². The van der Waals surface area contributed by atoms with E-state index in [2.05, 4.69) is 25.5 Å². The Morgan fingerprint density at radius 1 is 1.22 bits per heavy atom. The molecule has 1 amide bonds. The molecule has 0 unspecified atom stereocenters. The summed E-state index contributed by atoms with van der Waals surface area (Å²) in [4.78, 5) is 19.8. The van der Waals surface area contributed by atoms with Crippen LogP contribution in [0.1, 0.15) is 21.9 Å². The van der Waals surface area contributed by atoms with Gasteiger partial charge in [0, 0.05) is 0 Å². The third-order valence-electron chi connectivity index (χ3n) is 2.34. The summed E-state index contributed by atoms with van der Waals surface area (Å²) < 4.78 is 0. The van der Waals surface area contributed by atoms with Crippen molar-refractivity contribution in [2.24, 2.45) is 0 Å². The number of aromatic nitrogens is 4. The van der Waals surface area contributed by atoms with E-state index in [9.17, 15) is 4.79 Å². The minimum Gasteiger partial charge on any atom is -0.397 e. The quantitative estimate of drug-likeness (QED) is 0.806. The summed E-state index contributed by atoms with van der Waals surface area (Å²) in [6.45, 7) is 3.59. The molecule has 0 bridgehead atoms. The summed E-state index contributed by atoms with van der Waals surface area (Å²) in [5.74, 6) is -0.248. The Morgan fingerprint density at radius 2 is 2.00 bits per heavy atom. The van der Waals surface area contributed by atoms with Gasteiger partial charge in [-0.15, -0.1) is 5.10 Å². The molecule has 3 N–H and O–H groups in total. The van der Waals surface area contributed by atoms with Crippen LogP contribution in [-0.4, -0.2) is 26.1 Å². The van der Waals surface area contributed by atoms with Gasteiger partial charge in [0.15, 0.2) is 0 Å². The molecule has 0 aliphatic heterocycles. The molecule has 0 saturated carbocycles. The van der Waals surface area contributed by atoms with E-state index in [4.69, 9.17) is 5.73 Å². The van der Waals surface area contributed by atoms with Crippen LogP contribution in [0.2, 0.25) is 0 Å². The van der Waals surface area contributed by atoms with Crippen LogP contribution in [0.15, 0.2) is 18.3 Å². The minimum absolute atomic E-state index is 0.154. The lowest BCUT2D eigenvalue weighted by Gasteiger charge is -2.04. The summed E-state index contributed by atoms with van der Waals surface area (Å²) >= 11 is 0. The van der Waals surface area contributed by atoms with Crippen LogP contribution in [0.5, 0.6) is 0 Å². The number of nitrogens with one attached hydrogen (secondary N) is 1. The van der Waals surface area contributed by atoms with Crippen LogP contribution in [0.25, 0.3) is 0 Å². The van der Waals surface area contributed by atoms with Gasteiger partial charge in [0.2, 0.25) is 5.95 Å². The lowest BCUT2D eigenvalue weighted by atomic mass is 10.3. The molecule has 0 aromatic carbocycles. The molecule has 0 saturated heterocycles. The van der Waals surface area contributed by atoms with E-state index in [0.29, 0.717) is 11.4 Å². The fourth-order valence-corrected chi connectivity index (χ4v) is 1.21. The van der Waals surface area contributed by atoms with Crippen LogP contribution in [0.3, 0.4) is 0 Å². The van der Waals surface area contributed by atoms with Crippen molar-refractivity contribution < 1.29 is 4.79 Å². The van der Waals surface area contributed by atoms with Gasteiger partial charge in [0.25, 0.3) is 5.91 Å². The number of nitrogen functional groups attached to an aromatic ring is 1. The number of carbonyl (C=O) groups is 1. The standard InChI is InChI=1S/C11H12N6O/c1-6-7(2)16-17-11(14-6)15-10(18)9-4-3-8(12)5-13-9/h3-5H,12H2,1-2H3,(H,14,15,17,18). The van der Waals surface area contributed by atoms with E-state index >= 15 is 0 Å². The second-order valence-corrected chi connectivity index (χ2v) is 3.74. The van der Waals surface area contributed by atoms with Crippen LogP contribution in [-0.2, 0) is 0 Å². The van der Waals surface area contributed by atoms with Gasteiger partial charge in [-0.05, 0) is 26.0 Å². The van der Waals surface area contributed by atoms with Gasteiger partial charge in [-0.2, -0.15) is 5.10 Å². The first kappa shape index (κ1) is 11.9. The molecular formula is C11H12N6O. The zero-order chi connectivity index (χ0) is 13.1. The average molecular weight is 244 g/mol. The number of aryl methyl sites for hydroxylation is 2. The smallest absolute Gasteiger partial charge is 0.276 e. The number of nitrogens with zero attached hydrogens (tertiary/aromatic N) is 4. The van der Waals surface area contributed by atoms with E-state index in [1.54, 1.807) is 19.9 Å². The minimum atomic E-state index is -0.403. The van der Waals surface area contributed by atoms with E-state index in [0.717, 1.165) is 5.69 Å². The highest BCUT2D eigenvalue weighted by Gasteiger charge is 2.10. The topological polar surface area (TPSA) is 107 Å². The molecule has 2 aromatic rings. The van der Waals surface area contributed by atoms with E-state index in [-0.39, 0.29) is 11.6 Å². The molecule has 2 aromatic heterocycles. The predicted molar refractivity (Wildman–Crippen MR) is 65.9 cm³/mol. The number of carbonyl (C=O) groups excluding carboxylic acids is 1. The summed E-state index contributed by atoms with van der Waals surface area (Å²) in [5.41, 5.74) is 7.66. The van der Waals surface area contributed by atoms with Gasteiger partial charge >= 0.3 is 0 Å². The zero-order valence-electron chi connectivity index (χ0n) is 10.0. The maximum absolute atomic E-state index is 11.8. The second kappa shape index (κ2) is 4.74. The largest absolute Gasteiger partial charge is 0.397 e. The summed E-state index contributed by atoms with van der Waals surface area (Å²) in [7, 11) is 0. The molecule has 7 nitrogen and oxygen atoms in total. The van der Waals surface area contributed by atoms with Crippen molar-refractivity contribution in [3.05, 3.63) is 35.4 Å². The molecule has 0 aliphatic carbocycles. The van der Waals surface area contributed by atoms with Crippen molar-refractivity contribution in [3.8, 4) is 0 Å². The van der Waals surface area contributed by atoms with Crippen molar-refractivity contribution in [2.45, 2.75) is 13.8 Å². The van der Waals surface area contributed by atoms with Crippen LogP contribution < -0.4 is 11.1 Å². The fraction of sp³-hybridized carbons (Fsp3) is 0.182. The molecule has 0 atom stereocenters. The van der Waals surface area contributed by atoms with E-state index in [1.165, 1.54) is 12.3 Å². The van der Waals surface area contributed by atoms with Gasteiger partial charge in [0.05, 0.1) is 23.3 Å². The normalized spacial score (nSPS) is 10.1. The van der Waals surface area contributed by atoms with Gasteiger partial charge in [0.1, 0.15) is 5.69 Å². The fourth-order valence-electron chi connectivity index (χ4n) is 1.21. The molecule has 92 valence electrons. The molecular weight excluding hydrogens is 232 g/mol. The van der Waals surface area contributed by atoms with Crippen LogP contribution >= 0.6 is 0 Å². The highest BCUT2D eigenvalue weighted by Crippen LogP contribution is 2.05. The highest BCUT2D eigenvalue weighted by atomic mass is 16.2. The van der Waals surface area contributed by atoms with E-state index < -0.39 is 5.91 Å². The maximum Gasteiger partial charge on any atom is 0.276 e. The Hall–Kier alpha value is -2.57. The van der Waals surface area contributed by atoms with Gasteiger partial charge in [-0.1, -0.05) is 0 Å². The number of pyridine rings is 1. The average Bonchev–Trinajstić information content (AvgIpc) is 2.34. The van der Waals surface area contributed by atoms with Crippen molar-refractivity contribution >= 4 is 17.5 Å². The van der Waals surface area contributed by atoms with E-state index in [1.807, 2.05) is 0 Å². The first-order valence-electron chi connectivity index (χ1n) is 5.27. The third-order valence-corrected chi connectivity index (χ3v) is 2.34. The maximum atomic E-state index is 11.8. The number of anilines is 2. The molecule has 18 heavy (non-hydrogen) atoms. The first-order valence-corrected chi connectivity index (χ1v) is 5.27. The lowest BCUT2D eigenvalue weighted by Crippen LogP contribution is -2.16. The van der Waals surface area contributed by atoms with Gasteiger partial charge in [-0.3, -0.25) is 10.1 Å². The summed E-state index contributed by atoms with van der Waals surface area (Å²) in [5, 5.41) is 10.2. The molecule has 0 radical (unpaired) electrons. The Morgan fingerprint density at radius 3 is 2.61 bits per heavy atom. The lowest BCUT2D eigenvalue weighted by molar-refractivity contribution is 0.102.